The van der Waals surface area contributed by atoms with Gasteiger partial charge in [0.1, 0.15) is 11.5 Å². The minimum atomic E-state index is -2.69. The van der Waals surface area contributed by atoms with E-state index in [9.17, 15) is 27.2 Å². The van der Waals surface area contributed by atoms with Crippen LogP contribution in [-0.4, -0.2) is 44.8 Å². The van der Waals surface area contributed by atoms with Gasteiger partial charge < -0.3 is 4.74 Å². The highest BCUT2D eigenvalue weighted by Gasteiger charge is 2.72. The van der Waals surface area contributed by atoms with Gasteiger partial charge in [-0.2, -0.15) is 10.2 Å². The van der Waals surface area contributed by atoms with Crippen molar-refractivity contribution in [2.24, 2.45) is 45.7 Å². The molecule has 10 atom stereocenters. The first-order chi connectivity index (χ1) is 21.1. The van der Waals surface area contributed by atoms with Crippen LogP contribution in [0.2, 0.25) is 0 Å². The number of alkyl halides is 8. The van der Waals surface area contributed by atoms with Gasteiger partial charge in [0.2, 0.25) is 20.5 Å². The minimum absolute atomic E-state index is 0.204. The van der Waals surface area contributed by atoms with Gasteiger partial charge in [-0.25, -0.2) is 28.4 Å². The molecule has 0 aliphatic heterocycles. The van der Waals surface area contributed by atoms with E-state index in [0.29, 0.717) is 11.5 Å². The molecular weight excluding hydrogens is 682 g/mol. The van der Waals surface area contributed by atoms with Crippen LogP contribution < -0.4 is 15.6 Å². The molecule has 0 aromatic heterocycles. The molecule has 4 fully saturated rings. The molecule has 2 aromatic rings. The van der Waals surface area contributed by atoms with Gasteiger partial charge in [0.15, 0.2) is 0 Å². The summed E-state index contributed by atoms with van der Waals surface area (Å²) in [5, 5.41) is -2.81. The van der Waals surface area contributed by atoms with Crippen molar-refractivity contribution in [2.45, 2.75) is 46.2 Å². The molecule has 240 valence electrons. The van der Waals surface area contributed by atoms with E-state index in [0.717, 1.165) is 0 Å². The van der Waals surface area contributed by atoms with Crippen molar-refractivity contribution in [3.63, 3.8) is 0 Å². The number of halogens is 8. The average molecular weight is 708 g/mol. The van der Waals surface area contributed by atoms with E-state index in [-0.39, 0.29) is 36.8 Å². The summed E-state index contributed by atoms with van der Waals surface area (Å²) in [5.41, 5.74) is 5.30. The molecular formula is C30H26Cl4F4N4O3. The van der Waals surface area contributed by atoms with Crippen LogP contribution in [0.5, 0.6) is 11.5 Å². The number of carbonyl (C=O) groups is 2. The van der Waals surface area contributed by atoms with Crippen molar-refractivity contribution in [1.82, 2.24) is 10.9 Å². The van der Waals surface area contributed by atoms with Gasteiger partial charge in [-0.1, -0.05) is 46.4 Å². The number of benzene rings is 2. The highest BCUT2D eigenvalue weighted by atomic mass is 35.5. The molecule has 45 heavy (non-hydrogen) atoms. The number of ether oxygens (including phenoxy) is 1. The number of amides is 2. The van der Waals surface area contributed by atoms with Crippen LogP contribution in [-0.2, 0) is 0 Å². The Balaban J connectivity index is 0.967. The first kappa shape index (κ1) is 32.3. The summed E-state index contributed by atoms with van der Waals surface area (Å²) in [6, 6.07) is 12.3. The standard InChI is InChI=1S/C30H26Cl4F4N4O3/c31-27(35)19-9-17(23(11-19)29(27,33)37)13-39-41-25(43)15-1-5-21(6-2-15)45-22-7-3-16(4-8-22)26(44)42-40-14-18-10-20-12-24(18)30(34,38)28(20,32)36/h1-8,13-14,17-20,23-24H,9-12H2,(H,41,43)(H,42,44)/t17-,18-,19-,20-,23+,24+,27-,28+,29+,30-/m0/s1. The monoisotopic (exact) mass is 706 g/mol. The van der Waals surface area contributed by atoms with Gasteiger partial charge in [-0.3, -0.25) is 9.59 Å². The maximum atomic E-state index is 14.6. The summed E-state index contributed by atoms with van der Waals surface area (Å²) >= 11 is 22.9. The molecule has 2 aromatic carbocycles. The Bertz CT molecular complexity index is 1430. The van der Waals surface area contributed by atoms with Crippen LogP contribution in [0.4, 0.5) is 17.6 Å². The van der Waals surface area contributed by atoms with E-state index in [4.69, 9.17) is 51.1 Å². The number of hydrogen-bond acceptors (Lipinski definition) is 5. The number of nitrogens with zero attached hydrogens (tertiary/aromatic N) is 2. The van der Waals surface area contributed by atoms with Crippen LogP contribution in [0.3, 0.4) is 0 Å². The van der Waals surface area contributed by atoms with Crippen molar-refractivity contribution in [3.8, 4) is 11.5 Å². The van der Waals surface area contributed by atoms with E-state index in [1.54, 1.807) is 24.3 Å². The second-order valence-corrected chi connectivity index (χ2v) is 14.2. The maximum absolute atomic E-state index is 14.6. The highest BCUT2D eigenvalue weighted by Crippen LogP contribution is 2.67. The van der Waals surface area contributed by atoms with E-state index in [1.165, 1.54) is 36.7 Å². The second-order valence-electron chi connectivity index (χ2n) is 12.0. The number of hydrazone groups is 2. The summed E-state index contributed by atoms with van der Waals surface area (Å²) in [7, 11) is 0. The van der Waals surface area contributed by atoms with Crippen molar-refractivity contribution in [3.05, 3.63) is 59.7 Å². The zero-order valence-corrected chi connectivity index (χ0v) is 26.2. The van der Waals surface area contributed by atoms with Crippen molar-refractivity contribution >= 4 is 70.6 Å². The lowest BCUT2D eigenvalue weighted by Gasteiger charge is -2.36. The fraction of sp³-hybridized carbons (Fsp3) is 0.467. The first-order valence-corrected chi connectivity index (χ1v) is 15.7. The number of fused-ring (bicyclic) bond motifs is 4. The van der Waals surface area contributed by atoms with Gasteiger partial charge >= 0.3 is 0 Å². The van der Waals surface area contributed by atoms with Gasteiger partial charge in [0.25, 0.3) is 11.8 Å². The predicted octanol–water partition coefficient (Wildman–Crippen LogP) is 7.84. The molecule has 4 bridgehead atoms. The van der Waals surface area contributed by atoms with E-state index in [1.807, 2.05) is 0 Å². The van der Waals surface area contributed by atoms with Gasteiger partial charge in [0.05, 0.1) is 0 Å². The summed E-state index contributed by atoms with van der Waals surface area (Å²) < 4.78 is 63.8. The molecule has 4 aliphatic carbocycles. The Morgan fingerprint density at radius 2 is 1.00 bits per heavy atom. The smallest absolute Gasteiger partial charge is 0.271 e. The number of carbonyl (C=O) groups excluding carboxylic acids is 2. The first-order valence-electron chi connectivity index (χ1n) is 14.2. The Kier molecular flexibility index (Phi) is 8.32. The summed E-state index contributed by atoms with van der Waals surface area (Å²) in [5.74, 6) is -4.24. The third kappa shape index (κ3) is 5.57. The summed E-state index contributed by atoms with van der Waals surface area (Å²) in [6.45, 7) is 0. The molecule has 4 saturated carbocycles. The lowest BCUT2D eigenvalue weighted by molar-refractivity contribution is 0.0289. The molecule has 15 heteroatoms. The zero-order chi connectivity index (χ0) is 32.4. The fourth-order valence-corrected chi connectivity index (χ4v) is 8.38. The quantitative estimate of drug-likeness (QED) is 0.127. The topological polar surface area (TPSA) is 92.1 Å². The van der Waals surface area contributed by atoms with Crippen molar-refractivity contribution in [1.29, 1.82) is 0 Å². The normalized spacial score (nSPS) is 40.0. The van der Waals surface area contributed by atoms with Gasteiger partial charge in [-0.15, -0.1) is 0 Å². The highest BCUT2D eigenvalue weighted by molar-refractivity contribution is 6.34. The molecule has 6 rings (SSSR count). The fourth-order valence-electron chi connectivity index (χ4n) is 6.93. The Labute approximate surface area is 275 Å². The van der Waals surface area contributed by atoms with Crippen molar-refractivity contribution < 1.29 is 31.9 Å². The summed E-state index contributed by atoms with van der Waals surface area (Å²) in [4.78, 5) is 25.0. The molecule has 4 aliphatic rings. The summed E-state index contributed by atoms with van der Waals surface area (Å²) in [6.07, 6.45) is 3.71. The van der Waals surface area contributed by atoms with Crippen LogP contribution in [0, 0.1) is 35.5 Å². The van der Waals surface area contributed by atoms with E-state index in [2.05, 4.69) is 21.1 Å². The molecule has 0 heterocycles. The van der Waals surface area contributed by atoms with Crippen LogP contribution in [0.25, 0.3) is 0 Å². The number of hydrogen-bond donors (Lipinski definition) is 2. The lowest BCUT2D eigenvalue weighted by Crippen LogP contribution is -2.47. The van der Waals surface area contributed by atoms with E-state index >= 15 is 0 Å². The molecule has 0 saturated heterocycles. The average Bonchev–Trinajstić information content (AvgIpc) is 3.70. The Morgan fingerprint density at radius 3 is 1.31 bits per heavy atom. The maximum Gasteiger partial charge on any atom is 0.271 e. The molecule has 0 radical (unpaired) electrons. The SMILES string of the molecule is O=C(NN=C[C@@H]1C[C@H]2C[C@H]1[C@](F)(Cl)[C@]2(F)Cl)c1ccc(Oc2ccc(C(=O)NN=C[C@@H]3C[C@H]4C[C@H]3[C@@](F)(Cl)[C@@]4(F)Cl)cc2)cc1. The molecule has 2 N–H and O–H groups in total. The number of nitrogens with one attached hydrogen (secondary N) is 2. The Hall–Kier alpha value is -2.60. The molecule has 0 spiro atoms. The lowest BCUT2D eigenvalue weighted by atomic mass is 9.86. The number of rotatable bonds is 8. The van der Waals surface area contributed by atoms with Crippen molar-refractivity contribution in [2.75, 3.05) is 0 Å². The van der Waals surface area contributed by atoms with Crippen LogP contribution in [0.1, 0.15) is 46.4 Å². The van der Waals surface area contributed by atoms with E-state index < -0.39 is 67.8 Å². The minimum Gasteiger partial charge on any atom is -0.457 e. The predicted molar refractivity (Wildman–Crippen MR) is 163 cm³/mol. The molecule has 0 unspecified atom stereocenters. The van der Waals surface area contributed by atoms with Crippen LogP contribution >= 0.6 is 46.4 Å². The van der Waals surface area contributed by atoms with Gasteiger partial charge in [0, 0.05) is 59.1 Å². The third-order valence-corrected chi connectivity index (χ3v) is 11.9. The third-order valence-electron chi connectivity index (χ3n) is 9.40. The second kappa shape index (κ2) is 11.6. The van der Waals surface area contributed by atoms with Gasteiger partial charge in [-0.05, 0) is 74.2 Å². The van der Waals surface area contributed by atoms with Crippen LogP contribution in [0.15, 0.2) is 58.7 Å². The molecule has 2 amide bonds. The largest absolute Gasteiger partial charge is 0.457 e. The zero-order valence-electron chi connectivity index (χ0n) is 23.2. The Morgan fingerprint density at radius 1 is 0.644 bits per heavy atom. The molecule has 7 nitrogen and oxygen atoms in total.